The number of rotatable bonds is 7. The summed E-state index contributed by atoms with van der Waals surface area (Å²) in [6.45, 7) is 4.38. The third-order valence-electron chi connectivity index (χ3n) is 5.99. The number of aliphatic imine (C=N–C) groups is 1. The molecule has 1 amide bonds. The Hall–Kier alpha value is -3.91. The highest BCUT2D eigenvalue weighted by Crippen LogP contribution is 2.35. The van der Waals surface area contributed by atoms with Gasteiger partial charge < -0.3 is 10.1 Å². The van der Waals surface area contributed by atoms with Crippen LogP contribution < -0.4 is 10.1 Å². The molecule has 0 radical (unpaired) electrons. The second-order valence-electron chi connectivity index (χ2n) is 8.41. The third kappa shape index (κ3) is 4.77. The molecule has 0 aliphatic carbocycles. The quantitative estimate of drug-likeness (QED) is 0.382. The van der Waals surface area contributed by atoms with Crippen LogP contribution in [0.1, 0.15) is 42.2 Å². The van der Waals surface area contributed by atoms with Gasteiger partial charge in [-0.2, -0.15) is 0 Å². The van der Waals surface area contributed by atoms with Gasteiger partial charge in [-0.15, -0.1) is 10.2 Å². The first-order valence-corrected chi connectivity index (χ1v) is 12.7. The maximum Gasteiger partial charge on any atom is 0.222 e. The Morgan fingerprint density at radius 1 is 1.03 bits per heavy atom. The number of hydrogen-bond donors (Lipinski definition) is 1. The van der Waals surface area contributed by atoms with Crippen molar-refractivity contribution >= 4 is 23.4 Å². The second kappa shape index (κ2) is 10.4. The molecule has 8 heteroatoms. The van der Waals surface area contributed by atoms with Gasteiger partial charge in [-0.3, -0.25) is 14.4 Å². The minimum Gasteiger partial charge on any atom is -0.497 e. The van der Waals surface area contributed by atoms with Gasteiger partial charge in [0.2, 0.25) is 5.91 Å². The first-order valence-electron chi connectivity index (χ1n) is 11.9. The van der Waals surface area contributed by atoms with Gasteiger partial charge in [0.25, 0.3) is 0 Å². The van der Waals surface area contributed by atoms with Crippen molar-refractivity contribution in [3.63, 3.8) is 0 Å². The van der Waals surface area contributed by atoms with Crippen LogP contribution in [0.5, 0.6) is 5.75 Å². The van der Waals surface area contributed by atoms with Crippen molar-refractivity contribution < 1.29 is 9.53 Å². The van der Waals surface area contributed by atoms with Crippen LogP contribution in [-0.4, -0.2) is 40.0 Å². The zero-order valence-corrected chi connectivity index (χ0v) is 21.2. The molecule has 1 aliphatic heterocycles. The minimum atomic E-state index is -0.482. The highest BCUT2D eigenvalue weighted by Gasteiger charge is 2.29. The standard InChI is InChI=1S/C28H27N5O2S/c1-4-29-26(34)17-24-28-32-31-18(2)33(28)25-15-12-20(35-3)16-23(25)27(30-24)19-10-13-22(14-11-19)36-21-8-6-5-7-9-21/h5-16,24H,4,17H2,1-3H3,(H,29,34)/t24-/m0/s1. The molecule has 3 aromatic carbocycles. The lowest BCUT2D eigenvalue weighted by Gasteiger charge is -2.14. The molecule has 182 valence electrons. The number of aromatic nitrogens is 3. The average Bonchev–Trinajstić information content (AvgIpc) is 3.22. The van der Waals surface area contributed by atoms with Crippen molar-refractivity contribution in [1.29, 1.82) is 0 Å². The van der Waals surface area contributed by atoms with E-state index in [4.69, 9.17) is 9.73 Å². The Balaban J connectivity index is 1.61. The molecule has 0 saturated carbocycles. The summed E-state index contributed by atoms with van der Waals surface area (Å²) in [5, 5.41) is 11.6. The van der Waals surface area contributed by atoms with E-state index in [1.54, 1.807) is 18.9 Å². The average molecular weight is 498 g/mol. The van der Waals surface area contributed by atoms with Crippen LogP contribution in [-0.2, 0) is 4.79 Å². The van der Waals surface area contributed by atoms with Crippen molar-refractivity contribution in [3.05, 3.63) is 95.6 Å². The molecule has 0 fully saturated rings. The Bertz CT molecular complexity index is 1410. The molecule has 0 unspecified atom stereocenters. The summed E-state index contributed by atoms with van der Waals surface area (Å²) >= 11 is 1.71. The lowest BCUT2D eigenvalue weighted by atomic mass is 10.00. The Labute approximate surface area is 214 Å². The van der Waals surface area contributed by atoms with Gasteiger partial charge in [0.05, 0.1) is 24.9 Å². The zero-order chi connectivity index (χ0) is 25.1. The second-order valence-corrected chi connectivity index (χ2v) is 9.56. The normalized spacial score (nSPS) is 14.3. The smallest absolute Gasteiger partial charge is 0.222 e. The summed E-state index contributed by atoms with van der Waals surface area (Å²) in [5.74, 6) is 2.04. The van der Waals surface area contributed by atoms with E-state index in [9.17, 15) is 4.79 Å². The first kappa shape index (κ1) is 23.8. The minimum absolute atomic E-state index is 0.0732. The van der Waals surface area contributed by atoms with Crippen LogP contribution in [0.15, 0.2) is 87.6 Å². The fraction of sp³-hybridized carbons (Fsp3) is 0.214. The zero-order valence-electron chi connectivity index (χ0n) is 20.4. The lowest BCUT2D eigenvalue weighted by molar-refractivity contribution is -0.121. The molecule has 1 aliphatic rings. The summed E-state index contributed by atoms with van der Waals surface area (Å²) in [7, 11) is 1.65. The Morgan fingerprint density at radius 2 is 1.78 bits per heavy atom. The molecule has 36 heavy (non-hydrogen) atoms. The Morgan fingerprint density at radius 3 is 2.50 bits per heavy atom. The van der Waals surface area contributed by atoms with Crippen LogP contribution in [0.3, 0.4) is 0 Å². The number of benzene rings is 3. The van der Waals surface area contributed by atoms with E-state index in [1.807, 2.05) is 54.8 Å². The number of fused-ring (bicyclic) bond motifs is 3. The summed E-state index contributed by atoms with van der Waals surface area (Å²) < 4.78 is 7.55. The van der Waals surface area contributed by atoms with Gasteiger partial charge in [0, 0.05) is 27.5 Å². The van der Waals surface area contributed by atoms with E-state index < -0.39 is 6.04 Å². The first-order chi connectivity index (χ1) is 17.6. The number of hydrogen-bond acceptors (Lipinski definition) is 6. The van der Waals surface area contributed by atoms with Crippen LogP contribution in [0.2, 0.25) is 0 Å². The van der Waals surface area contributed by atoms with E-state index in [-0.39, 0.29) is 12.3 Å². The number of methoxy groups -OCH3 is 1. The monoisotopic (exact) mass is 497 g/mol. The van der Waals surface area contributed by atoms with Crippen LogP contribution in [0, 0.1) is 6.92 Å². The SMILES string of the molecule is CCNC(=O)C[C@@H]1N=C(c2ccc(Sc3ccccc3)cc2)c2cc(OC)ccc2-n2c(C)nnc21. The largest absolute Gasteiger partial charge is 0.497 e. The summed E-state index contributed by atoms with van der Waals surface area (Å²) in [5.41, 5.74) is 3.56. The molecule has 1 aromatic heterocycles. The highest BCUT2D eigenvalue weighted by atomic mass is 32.2. The van der Waals surface area contributed by atoms with E-state index in [2.05, 4.69) is 51.9 Å². The van der Waals surface area contributed by atoms with Crippen LogP contribution >= 0.6 is 11.8 Å². The molecule has 1 atom stereocenters. The van der Waals surface area contributed by atoms with Gasteiger partial charge in [0.15, 0.2) is 5.82 Å². The number of aryl methyl sites for hydroxylation is 1. The van der Waals surface area contributed by atoms with E-state index in [0.29, 0.717) is 12.4 Å². The van der Waals surface area contributed by atoms with Gasteiger partial charge >= 0.3 is 0 Å². The Kier molecular flexibility index (Phi) is 6.86. The molecule has 0 bridgehead atoms. The van der Waals surface area contributed by atoms with Crippen molar-refractivity contribution in [2.45, 2.75) is 36.1 Å². The van der Waals surface area contributed by atoms with Crippen molar-refractivity contribution in [2.24, 2.45) is 4.99 Å². The predicted molar refractivity (Wildman–Crippen MR) is 141 cm³/mol. The molecule has 1 N–H and O–H groups in total. The highest BCUT2D eigenvalue weighted by molar-refractivity contribution is 7.99. The summed E-state index contributed by atoms with van der Waals surface area (Å²) in [6.07, 6.45) is 0.183. The molecule has 4 aromatic rings. The van der Waals surface area contributed by atoms with E-state index in [0.717, 1.165) is 39.0 Å². The van der Waals surface area contributed by atoms with Gasteiger partial charge in [-0.25, -0.2) is 0 Å². The molecule has 5 rings (SSSR count). The number of nitrogens with one attached hydrogen (secondary N) is 1. The molecule has 0 spiro atoms. The molecule has 0 saturated heterocycles. The van der Waals surface area contributed by atoms with Gasteiger partial charge in [0.1, 0.15) is 17.6 Å². The van der Waals surface area contributed by atoms with Crippen molar-refractivity contribution in [3.8, 4) is 11.4 Å². The maximum atomic E-state index is 12.6. The summed E-state index contributed by atoms with van der Waals surface area (Å²) in [6, 6.07) is 24.1. The number of ether oxygens (including phenoxy) is 1. The van der Waals surface area contributed by atoms with Crippen LogP contribution in [0.25, 0.3) is 5.69 Å². The fourth-order valence-electron chi connectivity index (χ4n) is 4.32. The van der Waals surface area contributed by atoms with E-state index in [1.165, 1.54) is 4.90 Å². The van der Waals surface area contributed by atoms with Gasteiger partial charge in [-0.05, 0) is 56.3 Å². The molecular formula is C28H27N5O2S. The predicted octanol–water partition coefficient (Wildman–Crippen LogP) is 5.15. The van der Waals surface area contributed by atoms with Gasteiger partial charge in [-0.1, -0.05) is 42.1 Å². The fourth-order valence-corrected chi connectivity index (χ4v) is 5.16. The van der Waals surface area contributed by atoms with Crippen molar-refractivity contribution in [2.75, 3.05) is 13.7 Å². The molecular weight excluding hydrogens is 470 g/mol. The number of carbonyl (C=O) groups excluding carboxylic acids is 1. The molecule has 7 nitrogen and oxygen atoms in total. The number of carbonyl (C=O) groups is 1. The molecule has 2 heterocycles. The lowest BCUT2D eigenvalue weighted by Crippen LogP contribution is -2.25. The topological polar surface area (TPSA) is 81.4 Å². The third-order valence-corrected chi connectivity index (χ3v) is 7.01. The van der Waals surface area contributed by atoms with Crippen molar-refractivity contribution in [1.82, 2.24) is 20.1 Å². The van der Waals surface area contributed by atoms with E-state index >= 15 is 0 Å². The summed E-state index contributed by atoms with van der Waals surface area (Å²) in [4.78, 5) is 20.1. The van der Waals surface area contributed by atoms with Crippen LogP contribution in [0.4, 0.5) is 0 Å². The number of nitrogens with zero attached hydrogens (tertiary/aromatic N) is 4. The maximum absolute atomic E-state index is 12.6. The number of amides is 1.